The van der Waals surface area contributed by atoms with E-state index in [1.807, 2.05) is 0 Å². The van der Waals surface area contributed by atoms with Crippen LogP contribution in [0.4, 0.5) is 4.39 Å². The normalized spacial score (nSPS) is 21.3. The smallest absolute Gasteiger partial charge is 0.275 e. The van der Waals surface area contributed by atoms with Crippen LogP contribution >= 0.6 is 11.6 Å². The van der Waals surface area contributed by atoms with E-state index in [2.05, 4.69) is 0 Å². The number of aromatic hydroxyl groups is 1. The minimum absolute atomic E-state index is 0.0185. The zero-order chi connectivity index (χ0) is 24.1. The largest absolute Gasteiger partial charge is 0.503 e. The van der Waals surface area contributed by atoms with E-state index in [0.29, 0.717) is 13.0 Å². The van der Waals surface area contributed by atoms with E-state index in [1.165, 1.54) is 30.0 Å². The lowest BCUT2D eigenvalue weighted by molar-refractivity contribution is 0.0508. The first-order valence-corrected chi connectivity index (χ1v) is 11.0. The van der Waals surface area contributed by atoms with Crippen molar-refractivity contribution in [2.24, 2.45) is 5.92 Å². The van der Waals surface area contributed by atoms with Crippen LogP contribution in [0, 0.1) is 11.7 Å². The number of aromatic nitrogens is 1. The molecule has 1 aromatic carbocycles. The first-order chi connectivity index (χ1) is 15.7. The molecule has 2 heterocycles. The van der Waals surface area contributed by atoms with Crippen LogP contribution in [0.2, 0.25) is 5.02 Å². The monoisotopic (exact) mass is 478 g/mol. The van der Waals surface area contributed by atoms with E-state index >= 15 is 0 Å². The summed E-state index contributed by atoms with van der Waals surface area (Å²) in [5, 5.41) is 19.9. The molecule has 0 bridgehead atoms. The fourth-order valence-electron chi connectivity index (χ4n) is 4.80. The minimum Gasteiger partial charge on any atom is -0.503 e. The van der Waals surface area contributed by atoms with Crippen molar-refractivity contribution in [1.82, 2.24) is 9.47 Å². The highest BCUT2D eigenvalue weighted by atomic mass is 35.5. The number of rotatable bonds is 7. The maximum atomic E-state index is 14.5. The number of carbonyl (C=O) groups excluding carboxylic acids is 2. The van der Waals surface area contributed by atoms with E-state index < -0.39 is 34.2 Å². The number of aryl methyl sites for hydroxylation is 1. The molecule has 2 aromatic rings. The van der Waals surface area contributed by atoms with Gasteiger partial charge < -0.3 is 24.4 Å². The van der Waals surface area contributed by atoms with Crippen molar-refractivity contribution in [3.63, 3.8) is 0 Å². The molecule has 1 fully saturated rings. The third-order valence-corrected chi connectivity index (χ3v) is 7.04. The summed E-state index contributed by atoms with van der Waals surface area (Å²) < 4.78 is 20.8. The second-order valence-corrected chi connectivity index (χ2v) is 8.79. The first-order valence-electron chi connectivity index (χ1n) is 10.6. The Morgan fingerprint density at radius 1 is 1.36 bits per heavy atom. The fourth-order valence-corrected chi connectivity index (χ4v) is 5.06. The van der Waals surface area contributed by atoms with Gasteiger partial charge in [0, 0.05) is 38.2 Å². The predicted molar refractivity (Wildman–Crippen MR) is 118 cm³/mol. The van der Waals surface area contributed by atoms with Crippen LogP contribution in [0.25, 0.3) is 0 Å². The van der Waals surface area contributed by atoms with Crippen LogP contribution in [0.15, 0.2) is 23.1 Å². The standard InChI is InChI=1S/C23H24ClFN2O6/c1-3-27-22(32)19-21(31)20(30)14(9-26(19)11-23(27)8-13(23)10-28)15(29)6-4-12-5-7-16(33-2)17(24)18(12)25/h5,7,9,13,28,31H,3-4,6,8,10-11H2,1-2H3/t13-,23-/m1/s1. The maximum Gasteiger partial charge on any atom is 0.275 e. The second-order valence-electron chi connectivity index (χ2n) is 8.41. The van der Waals surface area contributed by atoms with Gasteiger partial charge in [-0.3, -0.25) is 14.4 Å². The molecule has 1 spiro atoms. The molecule has 2 atom stereocenters. The summed E-state index contributed by atoms with van der Waals surface area (Å²) in [5.41, 5.74) is -1.79. The number of benzene rings is 1. The number of likely N-dealkylation sites (N-methyl/N-ethyl adjacent to an activating group) is 1. The van der Waals surface area contributed by atoms with Crippen LogP contribution < -0.4 is 10.2 Å². The Kier molecular flexibility index (Phi) is 5.96. The molecule has 33 heavy (non-hydrogen) atoms. The van der Waals surface area contributed by atoms with Gasteiger partial charge in [0.1, 0.15) is 16.6 Å². The summed E-state index contributed by atoms with van der Waals surface area (Å²) in [6.45, 7) is 2.32. The average Bonchev–Trinajstić information content (AvgIpc) is 3.49. The van der Waals surface area contributed by atoms with Crippen LogP contribution in [-0.2, 0) is 13.0 Å². The SMILES string of the molecule is CCN1C(=O)c2c(O)c(=O)c(C(=O)CCc3ccc(OC)c(Cl)c3F)cn2C[C@@]12C[C@@H]2CO. The minimum atomic E-state index is -0.936. The number of hydrogen-bond donors (Lipinski definition) is 2. The molecule has 1 saturated carbocycles. The number of nitrogens with zero attached hydrogens (tertiary/aromatic N) is 2. The Bertz CT molecular complexity index is 1210. The fraction of sp³-hybridized carbons (Fsp3) is 0.435. The second kappa shape index (κ2) is 8.46. The van der Waals surface area contributed by atoms with Crippen LogP contribution in [0.3, 0.4) is 0 Å². The van der Waals surface area contributed by atoms with Crippen molar-refractivity contribution >= 4 is 23.3 Å². The number of ether oxygens (including phenoxy) is 1. The van der Waals surface area contributed by atoms with Gasteiger partial charge in [-0.2, -0.15) is 0 Å². The number of fused-ring (bicyclic) bond motifs is 1. The van der Waals surface area contributed by atoms with Gasteiger partial charge in [0.25, 0.3) is 5.91 Å². The van der Waals surface area contributed by atoms with Crippen LogP contribution in [0.1, 0.15) is 46.2 Å². The highest BCUT2D eigenvalue weighted by Gasteiger charge is 2.61. The van der Waals surface area contributed by atoms with E-state index in [4.69, 9.17) is 16.3 Å². The average molecular weight is 479 g/mol. The number of amides is 1. The lowest BCUT2D eigenvalue weighted by atomic mass is 10.00. The summed E-state index contributed by atoms with van der Waals surface area (Å²) in [7, 11) is 1.36. The molecule has 176 valence electrons. The van der Waals surface area contributed by atoms with E-state index in [9.17, 15) is 29.0 Å². The number of methoxy groups -OCH3 is 1. The molecule has 0 radical (unpaired) electrons. The molecule has 1 aliphatic carbocycles. The highest BCUT2D eigenvalue weighted by Crippen LogP contribution is 2.52. The molecule has 0 saturated heterocycles. The predicted octanol–water partition coefficient (Wildman–Crippen LogP) is 2.40. The number of pyridine rings is 1. The van der Waals surface area contributed by atoms with Gasteiger partial charge in [-0.05, 0) is 31.4 Å². The molecule has 4 rings (SSSR count). The molecule has 2 N–H and O–H groups in total. The van der Waals surface area contributed by atoms with Crippen LogP contribution in [0.5, 0.6) is 11.5 Å². The summed E-state index contributed by atoms with van der Waals surface area (Å²) in [4.78, 5) is 40.2. The summed E-state index contributed by atoms with van der Waals surface area (Å²) in [6.07, 6.45) is 1.66. The van der Waals surface area contributed by atoms with Crippen molar-refractivity contribution < 1.29 is 28.9 Å². The number of aliphatic hydroxyl groups excluding tert-OH is 1. The number of ketones is 1. The van der Waals surface area contributed by atoms with Crippen molar-refractivity contribution in [2.45, 2.75) is 38.3 Å². The van der Waals surface area contributed by atoms with Gasteiger partial charge in [0.2, 0.25) is 5.43 Å². The number of halogens is 2. The maximum absolute atomic E-state index is 14.5. The van der Waals surface area contributed by atoms with Crippen molar-refractivity contribution in [1.29, 1.82) is 0 Å². The zero-order valence-corrected chi connectivity index (χ0v) is 19.0. The third-order valence-electron chi connectivity index (χ3n) is 6.69. The first kappa shape index (κ1) is 23.3. The van der Waals surface area contributed by atoms with Gasteiger partial charge in [0.05, 0.1) is 18.2 Å². The van der Waals surface area contributed by atoms with Gasteiger partial charge >= 0.3 is 0 Å². The molecule has 2 aliphatic rings. The number of carbonyl (C=O) groups is 2. The summed E-state index contributed by atoms with van der Waals surface area (Å²) >= 11 is 5.92. The number of aliphatic hydroxyl groups is 1. The summed E-state index contributed by atoms with van der Waals surface area (Å²) in [5.74, 6) is -2.53. The quantitative estimate of drug-likeness (QED) is 0.591. The lowest BCUT2D eigenvalue weighted by Gasteiger charge is -2.38. The Morgan fingerprint density at radius 3 is 2.70 bits per heavy atom. The molecular weight excluding hydrogens is 455 g/mol. The number of Topliss-reactive ketones (excluding diaryl/α,β-unsaturated/α-hetero) is 1. The van der Waals surface area contributed by atoms with Gasteiger partial charge in [-0.1, -0.05) is 17.7 Å². The van der Waals surface area contributed by atoms with Gasteiger partial charge in [-0.25, -0.2) is 4.39 Å². The third kappa shape index (κ3) is 3.59. The van der Waals surface area contributed by atoms with Crippen molar-refractivity contribution in [3.05, 3.63) is 56.2 Å². The van der Waals surface area contributed by atoms with Crippen LogP contribution in [-0.4, -0.2) is 57.2 Å². The Labute approximate surface area is 194 Å². The van der Waals surface area contributed by atoms with Crippen molar-refractivity contribution in [3.8, 4) is 11.5 Å². The van der Waals surface area contributed by atoms with E-state index in [0.717, 1.165) is 0 Å². The number of hydrogen-bond acceptors (Lipinski definition) is 6. The summed E-state index contributed by atoms with van der Waals surface area (Å²) in [6, 6.07) is 2.94. The Hall–Kier alpha value is -2.91. The molecule has 1 aromatic heterocycles. The van der Waals surface area contributed by atoms with Crippen molar-refractivity contribution in [2.75, 3.05) is 20.3 Å². The molecule has 10 heteroatoms. The molecular formula is C23H24ClFN2O6. The molecule has 8 nitrogen and oxygen atoms in total. The van der Waals surface area contributed by atoms with E-state index in [-0.39, 0.29) is 59.5 Å². The van der Waals surface area contributed by atoms with Gasteiger partial charge in [0.15, 0.2) is 17.2 Å². The Balaban J connectivity index is 1.64. The Morgan fingerprint density at radius 2 is 2.09 bits per heavy atom. The van der Waals surface area contributed by atoms with Gasteiger partial charge in [-0.15, -0.1) is 0 Å². The molecule has 1 aliphatic heterocycles. The zero-order valence-electron chi connectivity index (χ0n) is 18.2. The van der Waals surface area contributed by atoms with E-state index in [1.54, 1.807) is 11.8 Å². The molecule has 1 amide bonds. The molecule has 0 unspecified atom stereocenters. The lowest BCUT2D eigenvalue weighted by Crippen LogP contribution is -2.52. The topological polar surface area (TPSA) is 109 Å². The highest BCUT2D eigenvalue weighted by molar-refractivity contribution is 6.32.